The lowest BCUT2D eigenvalue weighted by atomic mass is 9.93. The third-order valence-electron chi connectivity index (χ3n) is 2.57. The Hall–Kier alpha value is 0.1000. The third-order valence-corrected chi connectivity index (χ3v) is 3.71. The first kappa shape index (κ1) is 10.6. The van der Waals surface area contributed by atoms with Crippen LogP contribution in [0, 0.1) is 0 Å². The van der Waals surface area contributed by atoms with Gasteiger partial charge in [-0.05, 0) is 30.7 Å². The van der Waals surface area contributed by atoms with Gasteiger partial charge in [-0.15, -0.1) is 0 Å². The second-order valence-electron chi connectivity index (χ2n) is 3.58. The van der Waals surface area contributed by atoms with Gasteiger partial charge in [0.05, 0.1) is 0 Å². The molecule has 1 aromatic carbocycles. The molecular formula is C10H11Br2NO. The lowest BCUT2D eigenvalue weighted by Gasteiger charge is -2.23. The summed E-state index contributed by atoms with van der Waals surface area (Å²) in [6.45, 7) is 1.51. The summed E-state index contributed by atoms with van der Waals surface area (Å²) >= 11 is 6.87. The van der Waals surface area contributed by atoms with Gasteiger partial charge in [-0.25, -0.2) is 0 Å². The molecule has 1 atom stereocenters. The van der Waals surface area contributed by atoms with E-state index in [9.17, 15) is 5.11 Å². The van der Waals surface area contributed by atoms with Gasteiger partial charge < -0.3 is 10.4 Å². The molecule has 0 aliphatic carbocycles. The lowest BCUT2D eigenvalue weighted by molar-refractivity contribution is 0.0580. The summed E-state index contributed by atoms with van der Waals surface area (Å²) in [5, 5.41) is 13.5. The van der Waals surface area contributed by atoms with E-state index in [4.69, 9.17) is 0 Å². The second-order valence-corrected chi connectivity index (χ2v) is 5.35. The molecule has 1 fully saturated rings. The molecular weight excluding hydrogens is 310 g/mol. The van der Waals surface area contributed by atoms with Crippen LogP contribution in [0.1, 0.15) is 12.0 Å². The summed E-state index contributed by atoms with van der Waals surface area (Å²) in [5.74, 6) is 0. The Morgan fingerprint density at radius 3 is 2.71 bits per heavy atom. The van der Waals surface area contributed by atoms with Gasteiger partial charge in [0.2, 0.25) is 0 Å². The summed E-state index contributed by atoms with van der Waals surface area (Å²) in [6.07, 6.45) is 0.771. The third kappa shape index (κ3) is 1.89. The first-order chi connectivity index (χ1) is 6.62. The van der Waals surface area contributed by atoms with Gasteiger partial charge in [-0.2, -0.15) is 0 Å². The smallest absolute Gasteiger partial charge is 0.104 e. The van der Waals surface area contributed by atoms with Crippen molar-refractivity contribution < 1.29 is 5.11 Å². The minimum Gasteiger partial charge on any atom is -0.384 e. The van der Waals surface area contributed by atoms with E-state index in [1.807, 2.05) is 18.2 Å². The highest BCUT2D eigenvalue weighted by atomic mass is 79.9. The molecule has 76 valence electrons. The molecule has 0 radical (unpaired) electrons. The van der Waals surface area contributed by atoms with Gasteiger partial charge in [0.1, 0.15) is 5.60 Å². The van der Waals surface area contributed by atoms with E-state index in [1.165, 1.54) is 0 Å². The van der Waals surface area contributed by atoms with Crippen molar-refractivity contribution in [2.45, 2.75) is 12.0 Å². The Labute approximate surface area is 100.0 Å². The van der Waals surface area contributed by atoms with Crippen molar-refractivity contribution >= 4 is 31.9 Å². The molecule has 2 rings (SSSR count). The van der Waals surface area contributed by atoms with Gasteiger partial charge in [0.15, 0.2) is 0 Å². The largest absolute Gasteiger partial charge is 0.384 e. The Morgan fingerprint density at radius 2 is 2.14 bits per heavy atom. The van der Waals surface area contributed by atoms with Crippen LogP contribution in [-0.4, -0.2) is 18.2 Å². The fraction of sp³-hybridized carbons (Fsp3) is 0.400. The first-order valence-corrected chi connectivity index (χ1v) is 6.09. The van der Waals surface area contributed by atoms with Gasteiger partial charge >= 0.3 is 0 Å². The number of hydrogen-bond acceptors (Lipinski definition) is 2. The molecule has 1 aliphatic rings. The lowest BCUT2D eigenvalue weighted by Crippen LogP contribution is -2.28. The average molecular weight is 321 g/mol. The van der Waals surface area contributed by atoms with E-state index in [1.54, 1.807) is 0 Å². The van der Waals surface area contributed by atoms with Crippen LogP contribution in [0.3, 0.4) is 0 Å². The highest BCUT2D eigenvalue weighted by Crippen LogP contribution is 2.34. The van der Waals surface area contributed by atoms with Gasteiger partial charge in [-0.3, -0.25) is 0 Å². The highest BCUT2D eigenvalue weighted by Gasteiger charge is 2.34. The highest BCUT2D eigenvalue weighted by molar-refractivity contribution is 9.11. The maximum absolute atomic E-state index is 10.3. The van der Waals surface area contributed by atoms with Crippen molar-refractivity contribution in [1.29, 1.82) is 0 Å². The van der Waals surface area contributed by atoms with Crippen molar-refractivity contribution in [2.75, 3.05) is 13.1 Å². The van der Waals surface area contributed by atoms with Crippen LogP contribution < -0.4 is 5.32 Å². The van der Waals surface area contributed by atoms with Gasteiger partial charge in [-0.1, -0.05) is 37.9 Å². The summed E-state index contributed by atoms with van der Waals surface area (Å²) in [5.41, 5.74) is 0.255. The minimum absolute atomic E-state index is 0.632. The zero-order valence-corrected chi connectivity index (χ0v) is 10.7. The summed E-state index contributed by atoms with van der Waals surface area (Å²) in [6, 6.07) is 5.88. The maximum atomic E-state index is 10.3. The quantitative estimate of drug-likeness (QED) is 0.833. The van der Waals surface area contributed by atoms with E-state index in [0.29, 0.717) is 6.54 Å². The molecule has 1 aliphatic heterocycles. The van der Waals surface area contributed by atoms with Crippen molar-refractivity contribution in [2.24, 2.45) is 0 Å². The number of aliphatic hydroxyl groups is 1. The molecule has 2 nitrogen and oxygen atoms in total. The molecule has 1 heterocycles. The Morgan fingerprint density at radius 1 is 1.36 bits per heavy atom. The van der Waals surface area contributed by atoms with E-state index in [0.717, 1.165) is 27.5 Å². The molecule has 0 amide bonds. The topological polar surface area (TPSA) is 32.3 Å². The van der Waals surface area contributed by atoms with Crippen molar-refractivity contribution in [3.8, 4) is 0 Å². The number of halogens is 2. The van der Waals surface area contributed by atoms with Crippen LogP contribution in [-0.2, 0) is 5.60 Å². The standard InChI is InChI=1S/C10H11Br2NO/c11-7-1-2-8(9(12)5-7)10(14)3-4-13-6-10/h1-2,5,13-14H,3-4,6H2. The molecule has 0 saturated carbocycles. The normalized spacial score (nSPS) is 26.8. The van der Waals surface area contributed by atoms with E-state index in [-0.39, 0.29) is 0 Å². The monoisotopic (exact) mass is 319 g/mol. The van der Waals surface area contributed by atoms with E-state index < -0.39 is 5.60 Å². The number of hydrogen-bond donors (Lipinski definition) is 2. The first-order valence-electron chi connectivity index (χ1n) is 4.50. The van der Waals surface area contributed by atoms with Crippen molar-refractivity contribution in [1.82, 2.24) is 5.32 Å². The molecule has 1 unspecified atom stereocenters. The average Bonchev–Trinajstić information content (AvgIpc) is 2.52. The zero-order valence-electron chi connectivity index (χ0n) is 7.56. The summed E-state index contributed by atoms with van der Waals surface area (Å²) in [7, 11) is 0. The number of nitrogens with one attached hydrogen (secondary N) is 1. The second kappa shape index (κ2) is 3.93. The Balaban J connectivity index is 2.40. The van der Waals surface area contributed by atoms with Crippen LogP contribution >= 0.6 is 31.9 Å². The Bertz CT molecular complexity index is 348. The number of rotatable bonds is 1. The van der Waals surface area contributed by atoms with Crippen LogP contribution in [0.2, 0.25) is 0 Å². The molecule has 2 N–H and O–H groups in total. The summed E-state index contributed by atoms with van der Waals surface area (Å²) in [4.78, 5) is 0. The van der Waals surface area contributed by atoms with Gasteiger partial charge in [0, 0.05) is 15.5 Å². The van der Waals surface area contributed by atoms with Crippen LogP contribution in [0.5, 0.6) is 0 Å². The zero-order chi connectivity index (χ0) is 10.2. The number of benzene rings is 1. The Kier molecular flexibility index (Phi) is 2.98. The van der Waals surface area contributed by atoms with Crippen LogP contribution in [0.4, 0.5) is 0 Å². The molecule has 1 aromatic rings. The molecule has 4 heteroatoms. The van der Waals surface area contributed by atoms with E-state index >= 15 is 0 Å². The molecule has 0 bridgehead atoms. The fourth-order valence-corrected chi connectivity index (χ4v) is 3.19. The number of β-amino-alcohol motifs (C(OH)–C–C–N with tert-alkyl or cyclic N) is 1. The van der Waals surface area contributed by atoms with Crippen LogP contribution in [0.15, 0.2) is 27.1 Å². The fourth-order valence-electron chi connectivity index (χ4n) is 1.78. The predicted molar refractivity (Wildman–Crippen MR) is 63.2 cm³/mol. The van der Waals surface area contributed by atoms with E-state index in [2.05, 4.69) is 37.2 Å². The molecule has 0 aromatic heterocycles. The van der Waals surface area contributed by atoms with Crippen molar-refractivity contribution in [3.63, 3.8) is 0 Å². The molecule has 0 spiro atoms. The molecule has 14 heavy (non-hydrogen) atoms. The summed E-state index contributed by atoms with van der Waals surface area (Å²) < 4.78 is 1.97. The SMILES string of the molecule is OC1(c2ccc(Br)cc2Br)CCNC1. The minimum atomic E-state index is -0.709. The van der Waals surface area contributed by atoms with Crippen molar-refractivity contribution in [3.05, 3.63) is 32.7 Å². The van der Waals surface area contributed by atoms with Crippen LogP contribution in [0.25, 0.3) is 0 Å². The maximum Gasteiger partial charge on any atom is 0.104 e. The molecule has 1 saturated heterocycles. The predicted octanol–water partition coefficient (Wildman–Crippen LogP) is 2.39. The van der Waals surface area contributed by atoms with Gasteiger partial charge in [0.25, 0.3) is 0 Å².